The number of aryl methyl sites for hydroxylation is 2. The molecule has 0 saturated carbocycles. The monoisotopic (exact) mass is 441 g/mol. The van der Waals surface area contributed by atoms with E-state index in [1.807, 2.05) is 13.8 Å². The maximum atomic E-state index is 12.6. The van der Waals surface area contributed by atoms with Crippen LogP contribution in [0.15, 0.2) is 4.52 Å². The fourth-order valence-electron chi connectivity index (χ4n) is 3.33. The van der Waals surface area contributed by atoms with Gasteiger partial charge in [0.2, 0.25) is 15.9 Å². The number of carbonyl (C=O) groups excluding carboxylic acids is 1. The summed E-state index contributed by atoms with van der Waals surface area (Å²) < 4.78 is 31.2. The van der Waals surface area contributed by atoms with Gasteiger partial charge in [-0.25, -0.2) is 13.4 Å². The molecule has 0 bridgehead atoms. The Morgan fingerprint density at radius 2 is 2.00 bits per heavy atom. The van der Waals surface area contributed by atoms with E-state index in [9.17, 15) is 13.2 Å². The Labute approximate surface area is 175 Å². The number of sulfonamides is 1. The van der Waals surface area contributed by atoms with E-state index >= 15 is 0 Å². The van der Waals surface area contributed by atoms with Crippen LogP contribution in [0.25, 0.3) is 0 Å². The van der Waals surface area contributed by atoms with E-state index in [1.54, 1.807) is 4.90 Å². The maximum Gasteiger partial charge on any atom is 0.265 e. The van der Waals surface area contributed by atoms with E-state index in [0.29, 0.717) is 48.4 Å². The van der Waals surface area contributed by atoms with E-state index in [2.05, 4.69) is 29.0 Å². The molecule has 2 aromatic heterocycles. The highest BCUT2D eigenvalue weighted by Crippen LogP contribution is 2.25. The van der Waals surface area contributed by atoms with Crippen molar-refractivity contribution < 1.29 is 17.7 Å². The Bertz CT molecular complexity index is 976. The largest absolute Gasteiger partial charge is 0.339 e. The normalized spacial score (nSPS) is 15.3. The van der Waals surface area contributed by atoms with E-state index in [0.717, 1.165) is 10.7 Å². The molecule has 3 rings (SSSR count). The standard InChI is InChI=1S/C18H27N5O4S2/c1-11(2)8-16-20-15(21-27-16)6-7-23(29(5,25)26)14-9-22(10-14)18(24)17-12(3)19-13(4)28-17/h11,14H,6-10H2,1-5H3. The van der Waals surface area contributed by atoms with E-state index in [1.165, 1.54) is 21.9 Å². The number of nitrogens with zero attached hydrogens (tertiary/aromatic N) is 5. The van der Waals surface area contributed by atoms with Gasteiger partial charge >= 0.3 is 0 Å². The summed E-state index contributed by atoms with van der Waals surface area (Å²) in [5, 5.41) is 4.79. The number of hydrogen-bond acceptors (Lipinski definition) is 8. The smallest absolute Gasteiger partial charge is 0.265 e. The first kappa shape index (κ1) is 21.8. The SMILES string of the molecule is Cc1nc(C)c(C(=O)N2CC(N(CCc3noc(CC(C)C)n3)S(C)(=O)=O)C2)s1. The van der Waals surface area contributed by atoms with Crippen LogP contribution in [0.5, 0.6) is 0 Å². The van der Waals surface area contributed by atoms with Gasteiger partial charge in [-0.2, -0.15) is 9.29 Å². The van der Waals surface area contributed by atoms with Crippen molar-refractivity contribution in [3.8, 4) is 0 Å². The quantitative estimate of drug-likeness (QED) is 0.613. The molecule has 0 unspecified atom stereocenters. The number of rotatable bonds is 8. The Kier molecular flexibility index (Phi) is 6.39. The van der Waals surface area contributed by atoms with Crippen molar-refractivity contribution >= 4 is 27.3 Å². The lowest BCUT2D eigenvalue weighted by molar-refractivity contribution is 0.0458. The van der Waals surface area contributed by atoms with Crippen molar-refractivity contribution in [1.29, 1.82) is 0 Å². The molecule has 0 radical (unpaired) electrons. The molecule has 0 aromatic carbocycles. The van der Waals surface area contributed by atoms with Crippen LogP contribution in [-0.2, 0) is 22.9 Å². The number of likely N-dealkylation sites (tertiary alicyclic amines) is 1. The summed E-state index contributed by atoms with van der Waals surface area (Å²) >= 11 is 1.37. The van der Waals surface area contributed by atoms with Crippen LogP contribution < -0.4 is 0 Å². The van der Waals surface area contributed by atoms with Crippen LogP contribution in [0.2, 0.25) is 0 Å². The van der Waals surface area contributed by atoms with E-state index in [-0.39, 0.29) is 18.5 Å². The van der Waals surface area contributed by atoms with Gasteiger partial charge in [-0.05, 0) is 19.8 Å². The second kappa shape index (κ2) is 8.49. The molecule has 29 heavy (non-hydrogen) atoms. The molecule has 2 aromatic rings. The molecule has 1 aliphatic rings. The molecule has 9 nitrogen and oxygen atoms in total. The van der Waals surface area contributed by atoms with Gasteiger partial charge in [-0.1, -0.05) is 19.0 Å². The molecule has 1 fully saturated rings. The van der Waals surface area contributed by atoms with Crippen molar-refractivity contribution in [2.75, 3.05) is 25.9 Å². The molecular weight excluding hydrogens is 414 g/mol. The molecule has 1 saturated heterocycles. The molecule has 0 spiro atoms. The third-order valence-electron chi connectivity index (χ3n) is 4.73. The van der Waals surface area contributed by atoms with Crippen molar-refractivity contribution in [1.82, 2.24) is 24.3 Å². The zero-order valence-corrected chi connectivity index (χ0v) is 19.0. The van der Waals surface area contributed by atoms with Crippen LogP contribution in [0.4, 0.5) is 0 Å². The molecule has 3 heterocycles. The lowest BCUT2D eigenvalue weighted by atomic mass is 10.1. The average Bonchev–Trinajstić information content (AvgIpc) is 3.12. The summed E-state index contributed by atoms with van der Waals surface area (Å²) in [7, 11) is -3.43. The van der Waals surface area contributed by atoms with Gasteiger partial charge in [-0.3, -0.25) is 4.79 Å². The summed E-state index contributed by atoms with van der Waals surface area (Å²) in [6.45, 7) is 8.80. The summed E-state index contributed by atoms with van der Waals surface area (Å²) in [4.78, 5) is 23.6. The number of hydrogen-bond donors (Lipinski definition) is 0. The number of aromatic nitrogens is 3. The Balaban J connectivity index is 1.60. The highest BCUT2D eigenvalue weighted by molar-refractivity contribution is 7.88. The molecule has 11 heteroatoms. The third kappa shape index (κ3) is 5.20. The van der Waals surface area contributed by atoms with Gasteiger partial charge < -0.3 is 9.42 Å². The van der Waals surface area contributed by atoms with Gasteiger partial charge in [0.1, 0.15) is 4.88 Å². The summed E-state index contributed by atoms with van der Waals surface area (Å²) in [5.41, 5.74) is 0.718. The summed E-state index contributed by atoms with van der Waals surface area (Å²) in [6.07, 6.45) is 2.25. The lowest BCUT2D eigenvalue weighted by Gasteiger charge is -2.44. The second-order valence-electron chi connectivity index (χ2n) is 7.84. The van der Waals surface area contributed by atoms with E-state index in [4.69, 9.17) is 4.52 Å². The molecular formula is C18H27N5O4S2. The Morgan fingerprint density at radius 3 is 2.55 bits per heavy atom. The molecule has 0 aliphatic carbocycles. The first-order valence-corrected chi connectivity index (χ1v) is 12.2. The predicted octanol–water partition coefficient (Wildman–Crippen LogP) is 1.67. The average molecular weight is 442 g/mol. The van der Waals surface area contributed by atoms with Gasteiger partial charge in [0, 0.05) is 32.5 Å². The fraction of sp³-hybridized carbons (Fsp3) is 0.667. The van der Waals surface area contributed by atoms with Crippen LogP contribution in [0, 0.1) is 19.8 Å². The van der Waals surface area contributed by atoms with Crippen LogP contribution >= 0.6 is 11.3 Å². The molecule has 0 atom stereocenters. The predicted molar refractivity (Wildman–Crippen MR) is 109 cm³/mol. The van der Waals surface area contributed by atoms with Crippen molar-refractivity contribution in [3.05, 3.63) is 27.3 Å². The summed E-state index contributed by atoms with van der Waals surface area (Å²) in [6, 6.07) is -0.245. The highest BCUT2D eigenvalue weighted by Gasteiger charge is 2.39. The third-order valence-corrected chi connectivity index (χ3v) is 7.12. The Morgan fingerprint density at radius 1 is 1.31 bits per heavy atom. The first-order chi connectivity index (χ1) is 13.5. The van der Waals surface area contributed by atoms with Crippen LogP contribution in [-0.4, -0.2) is 70.6 Å². The van der Waals surface area contributed by atoms with Gasteiger partial charge in [0.15, 0.2) is 5.82 Å². The minimum atomic E-state index is -3.43. The first-order valence-electron chi connectivity index (χ1n) is 9.56. The fourth-order valence-corrected chi connectivity index (χ4v) is 5.32. The topological polar surface area (TPSA) is 110 Å². The molecule has 1 amide bonds. The number of amides is 1. The molecule has 1 aliphatic heterocycles. The zero-order chi connectivity index (χ0) is 21.3. The number of thiazole rings is 1. The van der Waals surface area contributed by atoms with E-state index < -0.39 is 10.0 Å². The maximum absolute atomic E-state index is 12.6. The van der Waals surface area contributed by atoms with Crippen molar-refractivity contribution in [3.63, 3.8) is 0 Å². The molecule has 160 valence electrons. The minimum absolute atomic E-state index is 0.0886. The zero-order valence-electron chi connectivity index (χ0n) is 17.4. The van der Waals surface area contributed by atoms with Crippen LogP contribution in [0.1, 0.15) is 45.9 Å². The Hall–Kier alpha value is -1.85. The van der Waals surface area contributed by atoms with Gasteiger partial charge in [-0.15, -0.1) is 11.3 Å². The van der Waals surface area contributed by atoms with Gasteiger partial charge in [0.25, 0.3) is 5.91 Å². The minimum Gasteiger partial charge on any atom is -0.339 e. The van der Waals surface area contributed by atoms with Crippen molar-refractivity contribution in [2.24, 2.45) is 5.92 Å². The van der Waals surface area contributed by atoms with Crippen molar-refractivity contribution in [2.45, 2.75) is 46.6 Å². The highest BCUT2D eigenvalue weighted by atomic mass is 32.2. The lowest BCUT2D eigenvalue weighted by Crippen LogP contribution is -2.62. The number of carbonyl (C=O) groups is 1. The molecule has 0 N–H and O–H groups in total. The second-order valence-corrected chi connectivity index (χ2v) is 11.0. The van der Waals surface area contributed by atoms with Crippen LogP contribution in [0.3, 0.4) is 0 Å². The van der Waals surface area contributed by atoms with Gasteiger partial charge in [0.05, 0.1) is 23.0 Å². The summed E-state index contributed by atoms with van der Waals surface area (Å²) in [5.74, 6) is 1.38.